The molecule has 10 nitrogen and oxygen atoms in total. The van der Waals surface area contributed by atoms with Gasteiger partial charge in [0.1, 0.15) is 5.69 Å². The van der Waals surface area contributed by atoms with Gasteiger partial charge in [-0.25, -0.2) is 24.2 Å². The van der Waals surface area contributed by atoms with Crippen molar-refractivity contribution in [1.82, 2.24) is 9.97 Å². The van der Waals surface area contributed by atoms with Crippen LogP contribution < -0.4 is 0 Å². The number of aromatic carboxylic acids is 4. The standard InChI is InChI=1S/2C7H5NO4/c9-6(10)4-1-5(7(11)12)3-8-2-4;9-6(10)4-1-2-5(7(11)12)8-3-4/h2*1-3H,(H,9,10)(H,11,12). The van der Waals surface area contributed by atoms with Crippen molar-refractivity contribution in [1.29, 1.82) is 0 Å². The van der Waals surface area contributed by atoms with E-state index < -0.39 is 23.9 Å². The minimum atomic E-state index is -1.19. The Morgan fingerprint density at radius 1 is 0.667 bits per heavy atom. The van der Waals surface area contributed by atoms with Crippen LogP contribution in [0.3, 0.4) is 0 Å². The van der Waals surface area contributed by atoms with Gasteiger partial charge in [-0.2, -0.15) is 0 Å². The first-order valence-corrected chi connectivity index (χ1v) is 6.06. The molecule has 2 heterocycles. The van der Waals surface area contributed by atoms with Crippen LogP contribution >= 0.6 is 0 Å². The lowest BCUT2D eigenvalue weighted by molar-refractivity contribution is 0.0675. The minimum Gasteiger partial charge on any atom is -0.478 e. The van der Waals surface area contributed by atoms with Crippen LogP contribution in [0.2, 0.25) is 0 Å². The van der Waals surface area contributed by atoms with E-state index in [4.69, 9.17) is 20.4 Å². The molecule has 0 aliphatic heterocycles. The van der Waals surface area contributed by atoms with Gasteiger partial charge < -0.3 is 20.4 Å². The summed E-state index contributed by atoms with van der Waals surface area (Å²) in [5.41, 5.74) is -0.454. The lowest BCUT2D eigenvalue weighted by atomic mass is 10.2. The molecular formula is C14H10N2O8. The van der Waals surface area contributed by atoms with E-state index >= 15 is 0 Å². The second kappa shape index (κ2) is 7.98. The molecule has 124 valence electrons. The Morgan fingerprint density at radius 3 is 1.50 bits per heavy atom. The van der Waals surface area contributed by atoms with E-state index in [2.05, 4.69) is 9.97 Å². The quantitative estimate of drug-likeness (QED) is 0.629. The highest BCUT2D eigenvalue weighted by atomic mass is 16.4. The Balaban J connectivity index is 0.000000240. The van der Waals surface area contributed by atoms with Gasteiger partial charge in [-0.05, 0) is 18.2 Å². The third kappa shape index (κ3) is 5.18. The summed E-state index contributed by atoms with van der Waals surface area (Å²) in [6.45, 7) is 0. The van der Waals surface area contributed by atoms with Crippen molar-refractivity contribution in [2.45, 2.75) is 0 Å². The van der Waals surface area contributed by atoms with Gasteiger partial charge in [0, 0.05) is 18.6 Å². The highest BCUT2D eigenvalue weighted by molar-refractivity contribution is 5.93. The van der Waals surface area contributed by atoms with Crippen LogP contribution in [0.5, 0.6) is 0 Å². The van der Waals surface area contributed by atoms with Crippen LogP contribution in [0, 0.1) is 0 Å². The van der Waals surface area contributed by atoms with Gasteiger partial charge in [0.05, 0.1) is 16.7 Å². The molecule has 0 spiro atoms. The first-order valence-electron chi connectivity index (χ1n) is 6.06. The normalized spacial score (nSPS) is 9.33. The number of carbonyl (C=O) groups is 4. The third-order valence-electron chi connectivity index (χ3n) is 2.46. The van der Waals surface area contributed by atoms with E-state index in [-0.39, 0.29) is 22.4 Å². The predicted octanol–water partition coefficient (Wildman–Crippen LogP) is 0.956. The maximum Gasteiger partial charge on any atom is 0.354 e. The molecule has 0 bridgehead atoms. The van der Waals surface area contributed by atoms with Crippen LogP contribution in [0.25, 0.3) is 0 Å². The number of pyridine rings is 2. The zero-order valence-electron chi connectivity index (χ0n) is 11.8. The van der Waals surface area contributed by atoms with Gasteiger partial charge in [0.2, 0.25) is 0 Å². The summed E-state index contributed by atoms with van der Waals surface area (Å²) in [6, 6.07) is 3.39. The van der Waals surface area contributed by atoms with Crippen molar-refractivity contribution >= 4 is 23.9 Å². The van der Waals surface area contributed by atoms with Crippen LogP contribution in [0.4, 0.5) is 0 Å². The Kier molecular flexibility index (Phi) is 6.06. The molecule has 24 heavy (non-hydrogen) atoms. The maximum atomic E-state index is 10.3. The first kappa shape index (κ1) is 18.2. The molecular weight excluding hydrogens is 324 g/mol. The molecule has 0 atom stereocenters. The summed E-state index contributed by atoms with van der Waals surface area (Å²) in [7, 11) is 0. The molecule has 0 fully saturated rings. The number of hydrogen-bond donors (Lipinski definition) is 4. The average Bonchev–Trinajstić information content (AvgIpc) is 2.55. The Bertz CT molecular complexity index is 723. The van der Waals surface area contributed by atoms with Crippen molar-refractivity contribution in [2.24, 2.45) is 0 Å². The molecule has 4 N–H and O–H groups in total. The molecule has 0 aliphatic rings. The molecule has 0 aliphatic carbocycles. The summed E-state index contributed by atoms with van der Waals surface area (Å²) in [5, 5.41) is 33.7. The summed E-state index contributed by atoms with van der Waals surface area (Å²) >= 11 is 0. The predicted molar refractivity (Wildman–Crippen MR) is 76.3 cm³/mol. The summed E-state index contributed by atoms with van der Waals surface area (Å²) < 4.78 is 0. The number of nitrogens with zero attached hydrogens (tertiary/aromatic N) is 2. The van der Waals surface area contributed by atoms with Crippen molar-refractivity contribution < 1.29 is 39.6 Å². The fourth-order valence-electron chi connectivity index (χ4n) is 1.32. The average molecular weight is 334 g/mol. The van der Waals surface area contributed by atoms with E-state index in [0.29, 0.717) is 0 Å². The molecule has 0 radical (unpaired) electrons. The van der Waals surface area contributed by atoms with Gasteiger partial charge in [0.25, 0.3) is 0 Å². The molecule has 2 aromatic rings. The van der Waals surface area contributed by atoms with Crippen molar-refractivity contribution in [3.63, 3.8) is 0 Å². The highest BCUT2D eigenvalue weighted by Crippen LogP contribution is 2.02. The largest absolute Gasteiger partial charge is 0.478 e. The Hall–Kier alpha value is -3.82. The van der Waals surface area contributed by atoms with Crippen molar-refractivity contribution in [2.75, 3.05) is 0 Å². The van der Waals surface area contributed by atoms with E-state index in [1.165, 1.54) is 6.07 Å². The van der Waals surface area contributed by atoms with E-state index in [9.17, 15) is 19.2 Å². The molecule has 2 aromatic heterocycles. The third-order valence-corrected chi connectivity index (χ3v) is 2.46. The number of aromatic nitrogens is 2. The van der Waals surface area contributed by atoms with Crippen LogP contribution in [0.15, 0.2) is 36.8 Å². The number of hydrogen-bond acceptors (Lipinski definition) is 6. The Morgan fingerprint density at radius 2 is 1.17 bits per heavy atom. The summed E-state index contributed by atoms with van der Waals surface area (Å²) in [6.07, 6.45) is 3.19. The van der Waals surface area contributed by atoms with Gasteiger partial charge in [-0.15, -0.1) is 0 Å². The lowest BCUT2D eigenvalue weighted by Crippen LogP contribution is -2.02. The van der Waals surface area contributed by atoms with Crippen LogP contribution in [-0.4, -0.2) is 54.3 Å². The fourth-order valence-corrected chi connectivity index (χ4v) is 1.32. The zero-order valence-corrected chi connectivity index (χ0v) is 11.8. The monoisotopic (exact) mass is 334 g/mol. The van der Waals surface area contributed by atoms with Gasteiger partial charge in [-0.3, -0.25) is 4.98 Å². The van der Waals surface area contributed by atoms with Gasteiger partial charge in [0.15, 0.2) is 0 Å². The lowest BCUT2D eigenvalue weighted by Gasteiger charge is -1.94. The van der Waals surface area contributed by atoms with Gasteiger partial charge >= 0.3 is 23.9 Å². The minimum absolute atomic E-state index is 0.0278. The van der Waals surface area contributed by atoms with Crippen LogP contribution in [0.1, 0.15) is 41.6 Å². The molecule has 0 unspecified atom stereocenters. The summed E-state index contributed by atoms with van der Waals surface area (Å²) in [5.74, 6) is -4.68. The molecule has 0 aromatic carbocycles. The SMILES string of the molecule is O=C(O)c1ccc(C(=O)O)nc1.O=C(O)c1cncc(C(=O)O)c1. The summed E-state index contributed by atoms with van der Waals surface area (Å²) in [4.78, 5) is 48.1. The van der Waals surface area contributed by atoms with Crippen LogP contribution in [-0.2, 0) is 0 Å². The molecule has 0 saturated heterocycles. The number of carboxylic acid groups (broad SMARTS) is 4. The number of carboxylic acids is 4. The Labute approximate surface area is 133 Å². The highest BCUT2D eigenvalue weighted by Gasteiger charge is 2.08. The molecule has 10 heteroatoms. The molecule has 2 rings (SSSR count). The van der Waals surface area contributed by atoms with Gasteiger partial charge in [-0.1, -0.05) is 0 Å². The van der Waals surface area contributed by atoms with E-state index in [1.54, 1.807) is 0 Å². The number of rotatable bonds is 4. The topological polar surface area (TPSA) is 175 Å². The maximum absolute atomic E-state index is 10.3. The zero-order chi connectivity index (χ0) is 18.3. The first-order chi connectivity index (χ1) is 11.2. The second-order valence-electron chi connectivity index (χ2n) is 4.12. The van der Waals surface area contributed by atoms with E-state index in [1.807, 2.05) is 0 Å². The molecule has 0 amide bonds. The molecule has 0 saturated carbocycles. The van der Waals surface area contributed by atoms with E-state index in [0.717, 1.165) is 30.7 Å². The second-order valence-corrected chi connectivity index (χ2v) is 4.12. The van der Waals surface area contributed by atoms with Crippen molar-refractivity contribution in [3.8, 4) is 0 Å². The smallest absolute Gasteiger partial charge is 0.354 e. The van der Waals surface area contributed by atoms with Crippen molar-refractivity contribution in [3.05, 3.63) is 59.2 Å². The fraction of sp³-hybridized carbons (Fsp3) is 0.